The Bertz CT molecular complexity index is 403. The number of nitrogens with zero attached hydrogens (tertiary/aromatic N) is 1. The number of rotatable bonds is 7. The number of carbonyl (C=O) groups excluding carboxylic acids is 1. The first-order valence-corrected chi connectivity index (χ1v) is 7.43. The molecule has 106 valence electrons. The van der Waals surface area contributed by atoms with E-state index >= 15 is 0 Å². The zero-order valence-electron chi connectivity index (χ0n) is 11.8. The second kappa shape index (κ2) is 7.78. The van der Waals surface area contributed by atoms with Crippen LogP contribution in [0, 0.1) is 0 Å². The quantitative estimate of drug-likeness (QED) is 0.782. The number of hydrogen-bond donors (Lipinski definition) is 1. The summed E-state index contributed by atoms with van der Waals surface area (Å²) in [5, 5.41) is 8.95. The van der Waals surface area contributed by atoms with E-state index in [-0.39, 0.29) is 24.5 Å². The summed E-state index contributed by atoms with van der Waals surface area (Å²) in [6, 6.07) is 7.55. The number of ketones is 1. The lowest BCUT2D eigenvalue weighted by molar-refractivity contribution is 0.0772. The Morgan fingerprint density at radius 2 is 1.84 bits per heavy atom. The van der Waals surface area contributed by atoms with Gasteiger partial charge in [0.15, 0.2) is 5.78 Å². The van der Waals surface area contributed by atoms with Crippen molar-refractivity contribution >= 4 is 21.7 Å². The van der Waals surface area contributed by atoms with Gasteiger partial charge in [-0.3, -0.25) is 9.69 Å². The molecule has 4 heteroatoms. The maximum absolute atomic E-state index is 12.4. The van der Waals surface area contributed by atoms with E-state index in [2.05, 4.69) is 34.7 Å². The number of halogens is 1. The highest BCUT2D eigenvalue weighted by molar-refractivity contribution is 9.10. The molecule has 1 aromatic rings. The van der Waals surface area contributed by atoms with Crippen LogP contribution in [-0.4, -0.2) is 41.0 Å². The molecule has 0 amide bonds. The van der Waals surface area contributed by atoms with Crippen LogP contribution < -0.4 is 0 Å². The molecule has 0 saturated heterocycles. The molecule has 0 aromatic heterocycles. The normalized spacial score (nSPS) is 13.0. The number of aliphatic hydroxyl groups is 1. The van der Waals surface area contributed by atoms with E-state index in [1.807, 2.05) is 31.2 Å². The lowest BCUT2D eigenvalue weighted by Crippen LogP contribution is -2.44. The molecular weight excluding hydrogens is 306 g/mol. The van der Waals surface area contributed by atoms with Crippen molar-refractivity contribution in [2.75, 3.05) is 13.2 Å². The molecule has 1 unspecified atom stereocenters. The first-order valence-electron chi connectivity index (χ1n) is 6.63. The largest absolute Gasteiger partial charge is 0.396 e. The first kappa shape index (κ1) is 16.3. The summed E-state index contributed by atoms with van der Waals surface area (Å²) in [6.07, 6.45) is 0.691. The first-order chi connectivity index (χ1) is 8.97. The lowest BCUT2D eigenvalue weighted by atomic mass is 10.0. The summed E-state index contributed by atoms with van der Waals surface area (Å²) >= 11 is 3.37. The summed E-state index contributed by atoms with van der Waals surface area (Å²) in [5.41, 5.74) is 0.727. The van der Waals surface area contributed by atoms with Crippen molar-refractivity contribution in [1.29, 1.82) is 0 Å². The van der Waals surface area contributed by atoms with Crippen LogP contribution >= 0.6 is 15.9 Å². The standard InChI is InChI=1S/C15H22BrNO2/c1-11(2)17(9-4-10-18)12(3)15(19)13-5-7-14(16)8-6-13/h5-8,11-12,18H,4,9-10H2,1-3H3. The van der Waals surface area contributed by atoms with E-state index < -0.39 is 0 Å². The fraction of sp³-hybridized carbons (Fsp3) is 0.533. The number of Topliss-reactive ketones (excluding diaryl/α,β-unsaturated/α-hetero) is 1. The third kappa shape index (κ3) is 4.71. The van der Waals surface area contributed by atoms with Gasteiger partial charge in [-0.25, -0.2) is 0 Å². The summed E-state index contributed by atoms with van der Waals surface area (Å²) in [4.78, 5) is 14.6. The van der Waals surface area contributed by atoms with E-state index in [0.29, 0.717) is 6.42 Å². The monoisotopic (exact) mass is 327 g/mol. The molecule has 1 aromatic carbocycles. The second-order valence-corrected chi connectivity index (χ2v) is 5.87. The van der Waals surface area contributed by atoms with Gasteiger partial charge in [0.05, 0.1) is 6.04 Å². The van der Waals surface area contributed by atoms with Gasteiger partial charge in [0.25, 0.3) is 0 Å². The van der Waals surface area contributed by atoms with Crippen LogP contribution in [-0.2, 0) is 0 Å². The van der Waals surface area contributed by atoms with E-state index in [9.17, 15) is 4.79 Å². The zero-order chi connectivity index (χ0) is 14.4. The molecule has 0 aliphatic carbocycles. The van der Waals surface area contributed by atoms with Crippen LogP contribution in [0.4, 0.5) is 0 Å². The Morgan fingerprint density at radius 3 is 2.32 bits per heavy atom. The molecule has 0 bridgehead atoms. The summed E-state index contributed by atoms with van der Waals surface area (Å²) in [5.74, 6) is 0.124. The van der Waals surface area contributed by atoms with Gasteiger partial charge in [0, 0.05) is 29.2 Å². The van der Waals surface area contributed by atoms with Crippen molar-refractivity contribution in [3.05, 3.63) is 34.3 Å². The third-order valence-electron chi connectivity index (χ3n) is 3.24. The molecule has 0 aliphatic heterocycles. The molecule has 1 N–H and O–H groups in total. The van der Waals surface area contributed by atoms with Crippen LogP contribution in [0.25, 0.3) is 0 Å². The summed E-state index contributed by atoms with van der Waals surface area (Å²) < 4.78 is 0.970. The molecule has 0 aliphatic rings. The number of carbonyl (C=O) groups is 1. The molecule has 0 spiro atoms. The van der Waals surface area contributed by atoms with Crippen molar-refractivity contribution < 1.29 is 9.90 Å². The Kier molecular flexibility index (Phi) is 6.69. The molecule has 0 fully saturated rings. The molecular formula is C15H22BrNO2. The van der Waals surface area contributed by atoms with Gasteiger partial charge in [-0.05, 0) is 39.3 Å². The van der Waals surface area contributed by atoms with Gasteiger partial charge in [-0.15, -0.1) is 0 Å². The van der Waals surface area contributed by atoms with E-state index in [4.69, 9.17) is 5.11 Å². The second-order valence-electron chi connectivity index (χ2n) is 4.96. The van der Waals surface area contributed by atoms with Crippen molar-refractivity contribution in [3.8, 4) is 0 Å². The van der Waals surface area contributed by atoms with Crippen molar-refractivity contribution in [2.45, 2.75) is 39.3 Å². The third-order valence-corrected chi connectivity index (χ3v) is 3.77. The summed E-state index contributed by atoms with van der Waals surface area (Å²) in [7, 11) is 0. The van der Waals surface area contributed by atoms with Crippen LogP contribution in [0.3, 0.4) is 0 Å². The van der Waals surface area contributed by atoms with Crippen LogP contribution in [0.15, 0.2) is 28.7 Å². The molecule has 0 heterocycles. The smallest absolute Gasteiger partial charge is 0.179 e. The fourth-order valence-corrected chi connectivity index (χ4v) is 2.42. The predicted molar refractivity (Wildman–Crippen MR) is 81.5 cm³/mol. The van der Waals surface area contributed by atoms with Crippen molar-refractivity contribution in [3.63, 3.8) is 0 Å². The van der Waals surface area contributed by atoms with E-state index in [1.165, 1.54) is 0 Å². The predicted octanol–water partition coefficient (Wildman–Crippen LogP) is 3.11. The minimum absolute atomic E-state index is 0.124. The topological polar surface area (TPSA) is 40.5 Å². The highest BCUT2D eigenvalue weighted by Crippen LogP contribution is 2.15. The van der Waals surface area contributed by atoms with Crippen LogP contribution in [0.2, 0.25) is 0 Å². The minimum atomic E-state index is -0.173. The highest BCUT2D eigenvalue weighted by Gasteiger charge is 2.24. The Labute approximate surface area is 123 Å². The van der Waals surface area contributed by atoms with Crippen LogP contribution in [0.5, 0.6) is 0 Å². The van der Waals surface area contributed by atoms with Gasteiger partial charge in [0.1, 0.15) is 0 Å². The van der Waals surface area contributed by atoms with Gasteiger partial charge in [-0.2, -0.15) is 0 Å². The van der Waals surface area contributed by atoms with Crippen LogP contribution in [0.1, 0.15) is 37.6 Å². The van der Waals surface area contributed by atoms with Gasteiger partial charge >= 0.3 is 0 Å². The molecule has 1 rings (SSSR count). The SMILES string of the molecule is CC(C)N(CCCO)C(C)C(=O)c1ccc(Br)cc1. The lowest BCUT2D eigenvalue weighted by Gasteiger charge is -2.31. The fourth-order valence-electron chi connectivity index (χ4n) is 2.16. The Balaban J connectivity index is 2.80. The molecule has 19 heavy (non-hydrogen) atoms. The van der Waals surface area contributed by atoms with Gasteiger partial charge in [0.2, 0.25) is 0 Å². The van der Waals surface area contributed by atoms with Crippen molar-refractivity contribution in [1.82, 2.24) is 4.90 Å². The average Bonchev–Trinajstić information content (AvgIpc) is 2.38. The average molecular weight is 328 g/mol. The van der Waals surface area contributed by atoms with Gasteiger partial charge in [-0.1, -0.05) is 28.1 Å². The highest BCUT2D eigenvalue weighted by atomic mass is 79.9. The molecule has 3 nitrogen and oxygen atoms in total. The minimum Gasteiger partial charge on any atom is -0.396 e. The Morgan fingerprint density at radius 1 is 1.26 bits per heavy atom. The number of aliphatic hydroxyl groups excluding tert-OH is 1. The number of benzene rings is 1. The zero-order valence-corrected chi connectivity index (χ0v) is 13.4. The maximum Gasteiger partial charge on any atom is 0.179 e. The number of hydrogen-bond acceptors (Lipinski definition) is 3. The molecule has 0 saturated carbocycles. The summed E-state index contributed by atoms with van der Waals surface area (Å²) in [6.45, 7) is 6.97. The molecule has 1 atom stereocenters. The molecule has 0 radical (unpaired) electrons. The maximum atomic E-state index is 12.4. The van der Waals surface area contributed by atoms with E-state index in [1.54, 1.807) is 0 Å². The Hall–Kier alpha value is -0.710. The van der Waals surface area contributed by atoms with Gasteiger partial charge < -0.3 is 5.11 Å². The van der Waals surface area contributed by atoms with E-state index in [0.717, 1.165) is 16.6 Å². The van der Waals surface area contributed by atoms with Crippen molar-refractivity contribution in [2.24, 2.45) is 0 Å².